The second-order valence-corrected chi connectivity index (χ2v) is 4.61. The fourth-order valence-electron chi connectivity index (χ4n) is 1.53. The Kier molecular flexibility index (Phi) is 5.03. The van der Waals surface area contributed by atoms with Gasteiger partial charge < -0.3 is 15.8 Å². The molecule has 1 atom stereocenters. The van der Waals surface area contributed by atoms with Gasteiger partial charge in [0, 0.05) is 11.8 Å². The maximum absolute atomic E-state index is 11.8. The van der Waals surface area contributed by atoms with Crippen LogP contribution in [0.4, 0.5) is 5.82 Å². The molecule has 1 amide bonds. The minimum absolute atomic E-state index is 0.225. The van der Waals surface area contributed by atoms with Crippen molar-refractivity contribution in [2.45, 2.75) is 33.2 Å². The van der Waals surface area contributed by atoms with Crippen LogP contribution < -0.4 is 15.8 Å². The van der Waals surface area contributed by atoms with Crippen molar-refractivity contribution >= 4 is 11.7 Å². The van der Waals surface area contributed by atoms with Crippen LogP contribution in [-0.2, 0) is 4.79 Å². The van der Waals surface area contributed by atoms with E-state index >= 15 is 0 Å². The van der Waals surface area contributed by atoms with E-state index in [9.17, 15) is 4.79 Å². The smallest absolute Gasteiger partial charge is 0.318 e. The molecule has 3 N–H and O–H groups in total. The van der Waals surface area contributed by atoms with Gasteiger partial charge in [0.15, 0.2) is 0 Å². The predicted octanol–water partition coefficient (Wildman–Crippen LogP) is 1.11. The number of methoxy groups -OCH3 is 1. The van der Waals surface area contributed by atoms with E-state index in [1.807, 2.05) is 13.8 Å². The molecule has 18 heavy (non-hydrogen) atoms. The van der Waals surface area contributed by atoms with Crippen molar-refractivity contribution in [3.05, 3.63) is 11.8 Å². The normalized spacial score (nSPS) is 12.3. The number of ether oxygens (including phenoxy) is 1. The fourth-order valence-corrected chi connectivity index (χ4v) is 1.53. The highest BCUT2D eigenvalue weighted by Gasteiger charge is 2.16. The molecule has 0 aliphatic carbocycles. The number of nitrogens with one attached hydrogen (secondary N) is 1. The number of hydrogen-bond donors (Lipinski definition) is 2. The Bertz CT molecular complexity index is 421. The summed E-state index contributed by atoms with van der Waals surface area (Å²) in [5.41, 5.74) is 6.51. The molecule has 1 rings (SSSR count). The lowest BCUT2D eigenvalue weighted by Crippen LogP contribution is -2.36. The largest absolute Gasteiger partial charge is 0.467 e. The Morgan fingerprint density at radius 3 is 2.72 bits per heavy atom. The van der Waals surface area contributed by atoms with Gasteiger partial charge in [0.2, 0.25) is 5.91 Å². The number of carbonyl (C=O) groups excluding carboxylic acids is 1. The lowest BCUT2D eigenvalue weighted by atomic mass is 10.0. The van der Waals surface area contributed by atoms with Crippen LogP contribution in [0.3, 0.4) is 0 Å². The Labute approximate surface area is 107 Å². The van der Waals surface area contributed by atoms with E-state index in [-0.39, 0.29) is 11.9 Å². The van der Waals surface area contributed by atoms with E-state index in [0.717, 1.165) is 5.69 Å². The quantitative estimate of drug-likeness (QED) is 0.819. The molecule has 0 saturated heterocycles. The number of nitrogens with two attached hydrogens (primary N) is 1. The average Bonchev–Trinajstić information content (AvgIpc) is 2.27. The van der Waals surface area contributed by atoms with Crippen LogP contribution in [0.25, 0.3) is 0 Å². The summed E-state index contributed by atoms with van der Waals surface area (Å²) in [5.74, 6) is 0.528. The summed E-state index contributed by atoms with van der Waals surface area (Å²) >= 11 is 0. The molecule has 0 unspecified atom stereocenters. The van der Waals surface area contributed by atoms with Crippen LogP contribution in [-0.4, -0.2) is 29.0 Å². The molecule has 0 aliphatic rings. The van der Waals surface area contributed by atoms with E-state index in [0.29, 0.717) is 18.2 Å². The molecule has 0 aliphatic heterocycles. The van der Waals surface area contributed by atoms with Gasteiger partial charge in [-0.3, -0.25) is 4.79 Å². The zero-order valence-electron chi connectivity index (χ0n) is 11.2. The molecule has 1 aromatic heterocycles. The summed E-state index contributed by atoms with van der Waals surface area (Å²) < 4.78 is 4.94. The van der Waals surface area contributed by atoms with Gasteiger partial charge in [0.05, 0.1) is 13.2 Å². The maximum atomic E-state index is 11.8. The zero-order valence-corrected chi connectivity index (χ0v) is 11.2. The standard InChI is InChI=1S/C12H20N4O2/c1-7(2)5-9(13)11(17)15-10-6-8(3)14-12(16-10)18-4/h6-7,9H,5,13H2,1-4H3,(H,14,15,16,17)/t9-/m1/s1. The van der Waals surface area contributed by atoms with E-state index in [1.165, 1.54) is 7.11 Å². The molecule has 0 fully saturated rings. The summed E-state index contributed by atoms with van der Waals surface area (Å²) in [6.07, 6.45) is 0.632. The molecule has 6 heteroatoms. The van der Waals surface area contributed by atoms with Crippen LogP contribution in [0, 0.1) is 12.8 Å². The lowest BCUT2D eigenvalue weighted by Gasteiger charge is -2.14. The maximum Gasteiger partial charge on any atom is 0.318 e. The molecule has 0 radical (unpaired) electrons. The molecule has 0 spiro atoms. The van der Waals surface area contributed by atoms with Gasteiger partial charge in [-0.15, -0.1) is 0 Å². The minimum Gasteiger partial charge on any atom is -0.467 e. The molecular weight excluding hydrogens is 232 g/mol. The number of aromatic nitrogens is 2. The van der Waals surface area contributed by atoms with E-state index in [4.69, 9.17) is 10.5 Å². The highest BCUT2D eigenvalue weighted by molar-refractivity contribution is 5.93. The topological polar surface area (TPSA) is 90.1 Å². The van der Waals surface area contributed by atoms with Gasteiger partial charge in [-0.25, -0.2) is 4.98 Å². The number of aryl methyl sites for hydroxylation is 1. The van der Waals surface area contributed by atoms with Gasteiger partial charge in [-0.1, -0.05) is 13.8 Å². The molecule has 6 nitrogen and oxygen atoms in total. The Morgan fingerprint density at radius 1 is 1.50 bits per heavy atom. The second kappa shape index (κ2) is 6.30. The summed E-state index contributed by atoms with van der Waals surface area (Å²) in [4.78, 5) is 19.9. The van der Waals surface area contributed by atoms with Crippen LogP contribution in [0.2, 0.25) is 0 Å². The lowest BCUT2D eigenvalue weighted by molar-refractivity contribution is -0.117. The van der Waals surface area contributed by atoms with Crippen molar-refractivity contribution in [2.24, 2.45) is 11.7 Å². The Balaban J connectivity index is 2.72. The summed E-state index contributed by atoms with van der Waals surface area (Å²) in [6, 6.07) is 1.36. The first-order valence-corrected chi connectivity index (χ1v) is 5.88. The number of amides is 1. The zero-order chi connectivity index (χ0) is 13.7. The third-order valence-electron chi connectivity index (χ3n) is 2.33. The van der Waals surface area contributed by atoms with Crippen LogP contribution in [0.15, 0.2) is 6.07 Å². The number of rotatable bonds is 5. The second-order valence-electron chi connectivity index (χ2n) is 4.61. The number of carbonyl (C=O) groups is 1. The van der Waals surface area contributed by atoms with E-state index in [2.05, 4.69) is 15.3 Å². The highest BCUT2D eigenvalue weighted by atomic mass is 16.5. The van der Waals surface area contributed by atoms with Crippen molar-refractivity contribution < 1.29 is 9.53 Å². The van der Waals surface area contributed by atoms with Crippen molar-refractivity contribution in [3.63, 3.8) is 0 Å². The van der Waals surface area contributed by atoms with Gasteiger partial charge in [-0.05, 0) is 19.3 Å². The fraction of sp³-hybridized carbons (Fsp3) is 0.583. The molecule has 0 saturated carbocycles. The average molecular weight is 252 g/mol. The molecular formula is C12H20N4O2. The molecule has 1 aromatic rings. The summed E-state index contributed by atoms with van der Waals surface area (Å²) in [5, 5.41) is 2.67. The van der Waals surface area contributed by atoms with Gasteiger partial charge in [0.25, 0.3) is 0 Å². The van der Waals surface area contributed by atoms with Crippen molar-refractivity contribution in [1.82, 2.24) is 9.97 Å². The molecule has 1 heterocycles. The van der Waals surface area contributed by atoms with Gasteiger partial charge in [-0.2, -0.15) is 4.98 Å². The molecule has 0 aromatic carbocycles. The SMILES string of the molecule is COc1nc(C)cc(NC(=O)[C@H](N)CC(C)C)n1. The Morgan fingerprint density at radius 2 is 2.17 bits per heavy atom. The van der Waals surface area contributed by atoms with Crippen LogP contribution in [0.5, 0.6) is 6.01 Å². The van der Waals surface area contributed by atoms with Gasteiger partial charge in [0.1, 0.15) is 5.82 Å². The van der Waals surface area contributed by atoms with Crippen molar-refractivity contribution in [2.75, 3.05) is 12.4 Å². The van der Waals surface area contributed by atoms with Crippen LogP contribution >= 0.6 is 0 Å². The monoisotopic (exact) mass is 252 g/mol. The third-order valence-corrected chi connectivity index (χ3v) is 2.33. The molecule has 0 bridgehead atoms. The predicted molar refractivity (Wildman–Crippen MR) is 69.4 cm³/mol. The van der Waals surface area contributed by atoms with Crippen LogP contribution in [0.1, 0.15) is 26.0 Å². The van der Waals surface area contributed by atoms with Gasteiger partial charge >= 0.3 is 6.01 Å². The van der Waals surface area contributed by atoms with E-state index < -0.39 is 6.04 Å². The summed E-state index contributed by atoms with van der Waals surface area (Å²) in [7, 11) is 1.48. The van der Waals surface area contributed by atoms with Crippen molar-refractivity contribution in [1.29, 1.82) is 0 Å². The van der Waals surface area contributed by atoms with E-state index in [1.54, 1.807) is 13.0 Å². The summed E-state index contributed by atoms with van der Waals surface area (Å²) in [6.45, 7) is 5.84. The Hall–Kier alpha value is -1.69. The molecule has 100 valence electrons. The minimum atomic E-state index is -0.536. The van der Waals surface area contributed by atoms with Crippen molar-refractivity contribution in [3.8, 4) is 6.01 Å². The first-order valence-electron chi connectivity index (χ1n) is 5.88. The third kappa shape index (κ3) is 4.29. The number of hydrogen-bond acceptors (Lipinski definition) is 5. The first kappa shape index (κ1) is 14.4. The highest BCUT2D eigenvalue weighted by Crippen LogP contribution is 2.12. The first-order chi connectivity index (χ1) is 8.42. The number of nitrogens with zero attached hydrogens (tertiary/aromatic N) is 2. The number of anilines is 1.